The van der Waals surface area contributed by atoms with Crippen molar-refractivity contribution in [2.24, 2.45) is 11.3 Å². The zero-order chi connectivity index (χ0) is 22.7. The van der Waals surface area contributed by atoms with Gasteiger partial charge in [0.25, 0.3) is 5.91 Å². The molecule has 2 aliphatic rings. The Morgan fingerprint density at radius 2 is 2.00 bits per heavy atom. The Bertz CT molecular complexity index is 974. The van der Waals surface area contributed by atoms with E-state index in [-0.39, 0.29) is 23.2 Å². The molecule has 7 nitrogen and oxygen atoms in total. The van der Waals surface area contributed by atoms with Crippen LogP contribution in [0.15, 0.2) is 24.3 Å². The Hall–Kier alpha value is -2.67. The van der Waals surface area contributed by atoms with Crippen LogP contribution in [-0.4, -0.2) is 48.0 Å². The number of hydrogen-bond acceptors (Lipinski definition) is 5. The van der Waals surface area contributed by atoms with Crippen LogP contribution in [0.3, 0.4) is 0 Å². The molecule has 1 aromatic carbocycles. The number of aromatic nitrogens is 2. The highest BCUT2D eigenvalue weighted by atomic mass is 16.5. The molecule has 7 heteroatoms. The Morgan fingerprint density at radius 3 is 2.69 bits per heavy atom. The van der Waals surface area contributed by atoms with E-state index in [1.54, 1.807) is 12.1 Å². The lowest BCUT2D eigenvalue weighted by molar-refractivity contribution is 0.0160. The molecule has 1 saturated heterocycles. The smallest absolute Gasteiger partial charge is 0.338 e. The highest BCUT2D eigenvalue weighted by Crippen LogP contribution is 2.38. The number of ether oxygens (including phenoxy) is 2. The number of nitrogens with zero attached hydrogens (tertiary/aromatic N) is 2. The van der Waals surface area contributed by atoms with E-state index in [0.717, 1.165) is 49.3 Å². The van der Waals surface area contributed by atoms with Gasteiger partial charge in [-0.2, -0.15) is 5.10 Å². The molecule has 4 rings (SSSR count). The van der Waals surface area contributed by atoms with Crippen molar-refractivity contribution in [3.05, 3.63) is 52.3 Å². The molecule has 0 saturated carbocycles. The minimum atomic E-state index is -0.310. The van der Waals surface area contributed by atoms with Crippen LogP contribution >= 0.6 is 0 Å². The van der Waals surface area contributed by atoms with Gasteiger partial charge in [-0.05, 0) is 63.0 Å². The van der Waals surface area contributed by atoms with Crippen molar-refractivity contribution >= 4 is 11.9 Å². The zero-order valence-corrected chi connectivity index (χ0v) is 19.3. The fourth-order valence-corrected chi connectivity index (χ4v) is 4.71. The molecule has 0 radical (unpaired) electrons. The summed E-state index contributed by atoms with van der Waals surface area (Å²) in [7, 11) is 0. The summed E-state index contributed by atoms with van der Waals surface area (Å²) < 4.78 is 13.0. The van der Waals surface area contributed by atoms with Crippen LogP contribution in [0.1, 0.15) is 64.4 Å². The van der Waals surface area contributed by atoms with Gasteiger partial charge in [-0.25, -0.2) is 4.79 Å². The minimum absolute atomic E-state index is 0.0245. The van der Waals surface area contributed by atoms with Gasteiger partial charge in [0, 0.05) is 31.9 Å². The van der Waals surface area contributed by atoms with Crippen LogP contribution in [0.5, 0.6) is 0 Å². The SMILES string of the molecule is CCn1nc(C[C@@H](C)COC(=O)c2ccc(C)cc2)c2c1C(=O)NCC1(CCOCC1)C2. The van der Waals surface area contributed by atoms with Crippen molar-refractivity contribution in [2.45, 2.75) is 53.0 Å². The molecule has 1 atom stereocenters. The predicted octanol–water partition coefficient (Wildman–Crippen LogP) is 3.33. The van der Waals surface area contributed by atoms with E-state index in [1.165, 1.54) is 0 Å². The lowest BCUT2D eigenvalue weighted by Crippen LogP contribution is -2.40. The maximum atomic E-state index is 12.9. The molecule has 1 aromatic heterocycles. The molecule has 3 heterocycles. The first-order chi connectivity index (χ1) is 15.4. The largest absolute Gasteiger partial charge is 0.462 e. The molecule has 1 N–H and O–H groups in total. The summed E-state index contributed by atoms with van der Waals surface area (Å²) in [6.45, 7) is 9.14. The van der Waals surface area contributed by atoms with E-state index in [1.807, 2.05) is 30.7 Å². The summed E-state index contributed by atoms with van der Waals surface area (Å²) in [5.41, 5.74) is 4.38. The second-order valence-corrected chi connectivity index (χ2v) is 9.34. The van der Waals surface area contributed by atoms with Gasteiger partial charge >= 0.3 is 5.97 Å². The number of amides is 1. The molecule has 32 heavy (non-hydrogen) atoms. The summed E-state index contributed by atoms with van der Waals surface area (Å²) in [5.74, 6) is -0.261. The zero-order valence-electron chi connectivity index (χ0n) is 19.3. The van der Waals surface area contributed by atoms with E-state index >= 15 is 0 Å². The van der Waals surface area contributed by atoms with Crippen LogP contribution in [0.4, 0.5) is 0 Å². The number of fused-ring (bicyclic) bond motifs is 1. The third-order valence-electron chi connectivity index (χ3n) is 6.71. The maximum absolute atomic E-state index is 12.9. The van der Waals surface area contributed by atoms with E-state index in [2.05, 4.69) is 12.2 Å². The van der Waals surface area contributed by atoms with Gasteiger partial charge in [0.15, 0.2) is 0 Å². The predicted molar refractivity (Wildman–Crippen MR) is 121 cm³/mol. The van der Waals surface area contributed by atoms with Crippen molar-refractivity contribution in [2.75, 3.05) is 26.4 Å². The second-order valence-electron chi connectivity index (χ2n) is 9.34. The van der Waals surface area contributed by atoms with Crippen LogP contribution in [-0.2, 0) is 28.9 Å². The number of hydrogen-bond donors (Lipinski definition) is 1. The topological polar surface area (TPSA) is 82.5 Å². The number of nitrogens with one attached hydrogen (secondary N) is 1. The molecule has 1 fully saturated rings. The van der Waals surface area contributed by atoms with Crippen LogP contribution < -0.4 is 5.32 Å². The summed E-state index contributed by atoms with van der Waals surface area (Å²) in [4.78, 5) is 25.3. The number of esters is 1. The van der Waals surface area contributed by atoms with Gasteiger partial charge in [0.2, 0.25) is 0 Å². The minimum Gasteiger partial charge on any atom is -0.462 e. The fourth-order valence-electron chi connectivity index (χ4n) is 4.71. The van der Waals surface area contributed by atoms with Crippen LogP contribution in [0, 0.1) is 18.3 Å². The standard InChI is InChI=1S/C25H33N3O4/c1-4-28-22-20(14-25(16-26-23(22)29)9-11-31-12-10-25)21(27-28)13-18(3)15-32-24(30)19-7-5-17(2)6-8-19/h5-8,18H,4,9-16H2,1-3H3,(H,26,29)/t18-/m1/s1. The third-order valence-corrected chi connectivity index (χ3v) is 6.71. The van der Waals surface area contributed by atoms with E-state index < -0.39 is 0 Å². The number of rotatable bonds is 6. The van der Waals surface area contributed by atoms with Crippen molar-refractivity contribution in [1.29, 1.82) is 0 Å². The van der Waals surface area contributed by atoms with Gasteiger partial charge in [0.1, 0.15) is 5.69 Å². The lowest BCUT2D eigenvalue weighted by Gasteiger charge is -2.36. The Kier molecular flexibility index (Phi) is 6.65. The molecular formula is C25H33N3O4. The summed E-state index contributed by atoms with van der Waals surface area (Å²) in [5, 5.41) is 7.94. The first-order valence-electron chi connectivity index (χ1n) is 11.6. The van der Waals surface area contributed by atoms with E-state index in [4.69, 9.17) is 14.6 Å². The number of benzene rings is 1. The number of carbonyl (C=O) groups is 2. The molecule has 0 unspecified atom stereocenters. The first kappa shape index (κ1) is 22.5. The molecule has 0 bridgehead atoms. The molecule has 172 valence electrons. The highest BCUT2D eigenvalue weighted by molar-refractivity contribution is 5.94. The van der Waals surface area contributed by atoms with Gasteiger partial charge in [-0.15, -0.1) is 0 Å². The molecule has 0 aliphatic carbocycles. The molecule has 2 aromatic rings. The number of aryl methyl sites for hydroxylation is 2. The molecule has 1 amide bonds. The lowest BCUT2D eigenvalue weighted by atomic mass is 9.75. The fraction of sp³-hybridized carbons (Fsp3) is 0.560. The Morgan fingerprint density at radius 1 is 1.28 bits per heavy atom. The van der Waals surface area contributed by atoms with Crippen LogP contribution in [0.25, 0.3) is 0 Å². The van der Waals surface area contributed by atoms with Crippen molar-refractivity contribution in [3.63, 3.8) is 0 Å². The van der Waals surface area contributed by atoms with Crippen molar-refractivity contribution in [3.8, 4) is 0 Å². The van der Waals surface area contributed by atoms with E-state index in [9.17, 15) is 9.59 Å². The van der Waals surface area contributed by atoms with Gasteiger partial charge in [-0.1, -0.05) is 24.6 Å². The number of carbonyl (C=O) groups excluding carboxylic acids is 2. The Balaban J connectivity index is 1.49. The molecule has 2 aliphatic heterocycles. The Labute approximate surface area is 189 Å². The quantitative estimate of drug-likeness (QED) is 0.698. The highest BCUT2D eigenvalue weighted by Gasteiger charge is 2.39. The van der Waals surface area contributed by atoms with Gasteiger partial charge < -0.3 is 14.8 Å². The summed E-state index contributed by atoms with van der Waals surface area (Å²) in [6.07, 6.45) is 3.37. The van der Waals surface area contributed by atoms with Crippen molar-refractivity contribution in [1.82, 2.24) is 15.1 Å². The average molecular weight is 440 g/mol. The second kappa shape index (κ2) is 9.45. The average Bonchev–Trinajstić information content (AvgIpc) is 3.06. The monoisotopic (exact) mass is 439 g/mol. The van der Waals surface area contributed by atoms with Crippen molar-refractivity contribution < 1.29 is 19.1 Å². The van der Waals surface area contributed by atoms with E-state index in [0.29, 0.717) is 37.4 Å². The third kappa shape index (κ3) is 4.72. The summed E-state index contributed by atoms with van der Waals surface area (Å²) in [6, 6.07) is 7.39. The molecule has 1 spiro atoms. The van der Waals surface area contributed by atoms with Gasteiger partial charge in [-0.3, -0.25) is 9.48 Å². The maximum Gasteiger partial charge on any atom is 0.338 e. The van der Waals surface area contributed by atoms with Gasteiger partial charge in [0.05, 0.1) is 17.9 Å². The summed E-state index contributed by atoms with van der Waals surface area (Å²) >= 11 is 0. The normalized spacial score (nSPS) is 18.5. The first-order valence-corrected chi connectivity index (χ1v) is 11.6. The molecular weight excluding hydrogens is 406 g/mol. The van der Waals surface area contributed by atoms with Crippen LogP contribution in [0.2, 0.25) is 0 Å².